The van der Waals surface area contributed by atoms with Crippen LogP contribution in [0.25, 0.3) is 11.5 Å². The minimum Gasteiger partial charge on any atom is -0.334 e. The summed E-state index contributed by atoms with van der Waals surface area (Å²) in [5, 5.41) is 3.77. The van der Waals surface area contributed by atoms with Crippen molar-refractivity contribution >= 4 is 22.6 Å². The standard InChI is InChI=1S/C10H10IN3O/c1-6-3-2-4-7(9(6)11)10-13-8(5-12)14-15-10/h2-4H,5,12H2,1H3. The molecule has 1 aromatic carbocycles. The van der Waals surface area contributed by atoms with E-state index in [1.807, 2.05) is 25.1 Å². The lowest BCUT2D eigenvalue weighted by atomic mass is 10.1. The molecule has 4 nitrogen and oxygen atoms in total. The molecule has 15 heavy (non-hydrogen) atoms. The van der Waals surface area contributed by atoms with Crippen LogP contribution in [0.1, 0.15) is 11.4 Å². The minimum absolute atomic E-state index is 0.298. The molecular weight excluding hydrogens is 305 g/mol. The summed E-state index contributed by atoms with van der Waals surface area (Å²) < 4.78 is 6.26. The Bertz CT molecular complexity index is 481. The van der Waals surface area contributed by atoms with E-state index < -0.39 is 0 Å². The van der Waals surface area contributed by atoms with E-state index in [2.05, 4.69) is 32.7 Å². The number of hydrogen-bond acceptors (Lipinski definition) is 4. The van der Waals surface area contributed by atoms with Gasteiger partial charge in [-0.25, -0.2) is 0 Å². The van der Waals surface area contributed by atoms with Gasteiger partial charge in [0.15, 0.2) is 5.82 Å². The summed E-state index contributed by atoms with van der Waals surface area (Å²) in [7, 11) is 0. The van der Waals surface area contributed by atoms with Crippen LogP contribution in [0.2, 0.25) is 0 Å². The molecule has 0 saturated carbocycles. The lowest BCUT2D eigenvalue weighted by Gasteiger charge is -2.01. The highest BCUT2D eigenvalue weighted by atomic mass is 127. The normalized spacial score (nSPS) is 10.6. The zero-order valence-electron chi connectivity index (χ0n) is 8.20. The largest absolute Gasteiger partial charge is 0.334 e. The zero-order chi connectivity index (χ0) is 10.8. The number of halogens is 1. The van der Waals surface area contributed by atoms with Crippen molar-refractivity contribution < 1.29 is 4.52 Å². The molecule has 0 aliphatic rings. The fraction of sp³-hybridized carbons (Fsp3) is 0.200. The molecule has 0 radical (unpaired) electrons. The molecule has 2 rings (SSSR count). The lowest BCUT2D eigenvalue weighted by molar-refractivity contribution is 0.422. The first-order chi connectivity index (χ1) is 7.22. The first-order valence-electron chi connectivity index (χ1n) is 4.50. The third-order valence-electron chi connectivity index (χ3n) is 2.07. The van der Waals surface area contributed by atoms with Crippen LogP contribution >= 0.6 is 22.6 Å². The van der Waals surface area contributed by atoms with Gasteiger partial charge in [-0.15, -0.1) is 0 Å². The summed E-state index contributed by atoms with van der Waals surface area (Å²) in [5.74, 6) is 1.06. The van der Waals surface area contributed by atoms with Crippen LogP contribution in [-0.2, 0) is 6.54 Å². The van der Waals surface area contributed by atoms with Gasteiger partial charge in [0, 0.05) is 3.57 Å². The van der Waals surface area contributed by atoms with Crippen LogP contribution in [0, 0.1) is 10.5 Å². The van der Waals surface area contributed by atoms with E-state index in [9.17, 15) is 0 Å². The van der Waals surface area contributed by atoms with E-state index >= 15 is 0 Å². The predicted molar refractivity (Wildman–Crippen MR) is 65.1 cm³/mol. The second-order valence-corrected chi connectivity index (χ2v) is 4.24. The van der Waals surface area contributed by atoms with Gasteiger partial charge in [0.2, 0.25) is 0 Å². The number of hydrogen-bond donors (Lipinski definition) is 1. The first-order valence-corrected chi connectivity index (χ1v) is 5.58. The monoisotopic (exact) mass is 315 g/mol. The van der Waals surface area contributed by atoms with Crippen molar-refractivity contribution in [2.24, 2.45) is 5.73 Å². The Morgan fingerprint density at radius 2 is 2.27 bits per heavy atom. The van der Waals surface area contributed by atoms with Crippen LogP contribution in [0.15, 0.2) is 22.7 Å². The van der Waals surface area contributed by atoms with Gasteiger partial charge in [0.25, 0.3) is 5.89 Å². The summed E-state index contributed by atoms with van der Waals surface area (Å²) in [6.07, 6.45) is 0. The molecule has 0 unspecified atom stereocenters. The second kappa shape index (κ2) is 4.28. The Morgan fingerprint density at radius 3 is 2.93 bits per heavy atom. The van der Waals surface area contributed by atoms with Crippen molar-refractivity contribution in [1.29, 1.82) is 0 Å². The third kappa shape index (κ3) is 2.03. The maximum Gasteiger partial charge on any atom is 0.259 e. The second-order valence-electron chi connectivity index (χ2n) is 3.16. The Kier molecular flexibility index (Phi) is 3.01. The van der Waals surface area contributed by atoms with Crippen LogP contribution in [-0.4, -0.2) is 10.1 Å². The number of nitrogens with two attached hydrogens (primary N) is 1. The first kappa shape index (κ1) is 10.6. The Hall–Kier alpha value is -0.950. The van der Waals surface area contributed by atoms with Gasteiger partial charge in [0.1, 0.15) is 0 Å². The summed E-state index contributed by atoms with van der Waals surface area (Å²) >= 11 is 2.27. The predicted octanol–water partition coefficient (Wildman–Crippen LogP) is 2.11. The molecule has 5 heteroatoms. The highest BCUT2D eigenvalue weighted by Crippen LogP contribution is 2.25. The molecule has 1 heterocycles. The molecule has 0 saturated heterocycles. The van der Waals surface area contributed by atoms with Gasteiger partial charge in [-0.2, -0.15) is 4.98 Å². The van der Waals surface area contributed by atoms with Gasteiger partial charge >= 0.3 is 0 Å². The molecule has 0 amide bonds. The Balaban J connectivity index is 2.49. The van der Waals surface area contributed by atoms with Crippen molar-refractivity contribution in [3.8, 4) is 11.5 Å². The SMILES string of the molecule is Cc1cccc(-c2nc(CN)no2)c1I. The molecule has 1 aromatic heterocycles. The average molecular weight is 315 g/mol. The van der Waals surface area contributed by atoms with E-state index in [0.29, 0.717) is 18.3 Å². The fourth-order valence-corrected chi connectivity index (χ4v) is 1.85. The van der Waals surface area contributed by atoms with Gasteiger partial charge in [-0.05, 0) is 41.1 Å². The number of rotatable bonds is 2. The molecule has 0 spiro atoms. The van der Waals surface area contributed by atoms with Crippen LogP contribution in [0.5, 0.6) is 0 Å². The third-order valence-corrected chi connectivity index (χ3v) is 3.50. The smallest absolute Gasteiger partial charge is 0.259 e. The summed E-state index contributed by atoms with van der Waals surface area (Å²) in [6, 6.07) is 5.98. The molecule has 2 N–H and O–H groups in total. The topological polar surface area (TPSA) is 64.9 Å². The Morgan fingerprint density at radius 1 is 1.47 bits per heavy atom. The quantitative estimate of drug-likeness (QED) is 0.862. The summed E-state index contributed by atoms with van der Waals surface area (Å²) in [6.45, 7) is 2.34. The van der Waals surface area contributed by atoms with Crippen molar-refractivity contribution in [3.63, 3.8) is 0 Å². The maximum absolute atomic E-state index is 5.42. The molecule has 78 valence electrons. The molecule has 0 atom stereocenters. The number of aryl methyl sites for hydroxylation is 1. The maximum atomic E-state index is 5.42. The van der Waals surface area contributed by atoms with E-state index in [0.717, 1.165) is 9.13 Å². The minimum atomic E-state index is 0.298. The van der Waals surface area contributed by atoms with Crippen molar-refractivity contribution in [1.82, 2.24) is 10.1 Å². The molecular formula is C10H10IN3O. The van der Waals surface area contributed by atoms with E-state index in [-0.39, 0.29) is 0 Å². The van der Waals surface area contributed by atoms with Gasteiger partial charge in [-0.1, -0.05) is 17.3 Å². The van der Waals surface area contributed by atoms with Crippen molar-refractivity contribution in [3.05, 3.63) is 33.2 Å². The highest BCUT2D eigenvalue weighted by molar-refractivity contribution is 14.1. The van der Waals surface area contributed by atoms with E-state index in [1.54, 1.807) is 0 Å². The molecule has 2 aromatic rings. The van der Waals surface area contributed by atoms with Gasteiger partial charge in [0.05, 0.1) is 12.1 Å². The van der Waals surface area contributed by atoms with Crippen LogP contribution < -0.4 is 5.73 Å². The molecule has 0 aliphatic carbocycles. The highest BCUT2D eigenvalue weighted by Gasteiger charge is 2.11. The summed E-state index contributed by atoms with van der Waals surface area (Å²) in [4.78, 5) is 4.19. The zero-order valence-corrected chi connectivity index (χ0v) is 10.4. The van der Waals surface area contributed by atoms with Gasteiger partial charge in [-0.3, -0.25) is 0 Å². The van der Waals surface area contributed by atoms with Gasteiger partial charge < -0.3 is 10.3 Å². The lowest BCUT2D eigenvalue weighted by Crippen LogP contribution is -1.98. The summed E-state index contributed by atoms with van der Waals surface area (Å²) in [5.41, 5.74) is 7.58. The van der Waals surface area contributed by atoms with Crippen LogP contribution in [0.4, 0.5) is 0 Å². The molecule has 0 fully saturated rings. The number of aromatic nitrogens is 2. The van der Waals surface area contributed by atoms with E-state index in [4.69, 9.17) is 10.3 Å². The van der Waals surface area contributed by atoms with Crippen molar-refractivity contribution in [2.75, 3.05) is 0 Å². The van der Waals surface area contributed by atoms with Crippen molar-refractivity contribution in [2.45, 2.75) is 13.5 Å². The number of benzene rings is 1. The average Bonchev–Trinajstić information content (AvgIpc) is 2.70. The molecule has 0 aliphatic heterocycles. The Labute approximate surface area is 101 Å². The van der Waals surface area contributed by atoms with Crippen LogP contribution in [0.3, 0.4) is 0 Å². The molecule has 0 bridgehead atoms. The number of nitrogens with zero attached hydrogens (tertiary/aromatic N) is 2. The van der Waals surface area contributed by atoms with E-state index in [1.165, 1.54) is 5.56 Å². The fourth-order valence-electron chi connectivity index (χ4n) is 1.26.